The van der Waals surface area contributed by atoms with Crippen LogP contribution in [-0.4, -0.2) is 34.3 Å². The monoisotopic (exact) mass is 417 g/mol. The number of carbonyl (C=O) groups excluding carboxylic acids is 2. The van der Waals surface area contributed by atoms with Crippen LogP contribution in [0.5, 0.6) is 0 Å². The van der Waals surface area contributed by atoms with Crippen LogP contribution >= 0.6 is 0 Å². The maximum atomic E-state index is 12.7. The minimum atomic E-state index is -0.444. The van der Waals surface area contributed by atoms with Crippen molar-refractivity contribution in [2.45, 2.75) is 12.1 Å². The molecule has 2 aliphatic heterocycles. The van der Waals surface area contributed by atoms with E-state index in [1.165, 1.54) is 12.6 Å². The Morgan fingerprint density at radius 1 is 1.19 bits per heavy atom. The molecule has 4 heterocycles. The van der Waals surface area contributed by atoms with Crippen LogP contribution in [0.3, 0.4) is 0 Å². The molecule has 9 heteroatoms. The van der Waals surface area contributed by atoms with Gasteiger partial charge in [-0.2, -0.15) is 0 Å². The summed E-state index contributed by atoms with van der Waals surface area (Å²) in [6.07, 6.45) is 5.75. The fourth-order valence-electron chi connectivity index (χ4n) is 3.93. The van der Waals surface area contributed by atoms with Crippen molar-refractivity contribution in [3.63, 3.8) is 0 Å². The van der Waals surface area contributed by atoms with Gasteiger partial charge in [0.25, 0.3) is 5.91 Å². The van der Waals surface area contributed by atoms with Crippen molar-refractivity contribution in [2.75, 3.05) is 17.2 Å². The van der Waals surface area contributed by atoms with Crippen molar-refractivity contribution >= 4 is 23.2 Å². The van der Waals surface area contributed by atoms with Crippen molar-refractivity contribution in [1.29, 1.82) is 0 Å². The molecule has 0 saturated carbocycles. The molecule has 3 aromatic rings. The molecule has 9 nitrogen and oxygen atoms in total. The zero-order valence-corrected chi connectivity index (χ0v) is 16.3. The molecule has 0 radical (unpaired) electrons. The third-order valence-electron chi connectivity index (χ3n) is 5.31. The summed E-state index contributed by atoms with van der Waals surface area (Å²) in [5, 5.41) is 9.60. The fourth-order valence-corrected chi connectivity index (χ4v) is 3.93. The highest BCUT2D eigenvalue weighted by Gasteiger charge is 2.46. The van der Waals surface area contributed by atoms with Gasteiger partial charge in [-0.25, -0.2) is 9.97 Å². The molecular weight excluding hydrogens is 398 g/mol. The number of hydrogen-bond acceptors (Lipinski definition) is 8. The molecule has 3 atom stereocenters. The molecule has 1 amide bonds. The normalized spacial score (nSPS) is 22.0. The number of benzene rings is 1. The summed E-state index contributed by atoms with van der Waals surface area (Å²) in [5.41, 5.74) is 2.51. The van der Waals surface area contributed by atoms with Gasteiger partial charge < -0.3 is 25.1 Å². The van der Waals surface area contributed by atoms with Crippen molar-refractivity contribution in [3.8, 4) is 0 Å². The molecule has 0 bridgehead atoms. The molecule has 1 aromatic carbocycles. The first-order valence-corrected chi connectivity index (χ1v) is 9.77. The smallest absolute Gasteiger partial charge is 0.294 e. The molecular formula is C22H19N5O4. The van der Waals surface area contributed by atoms with Crippen LogP contribution in [0.25, 0.3) is 0 Å². The zero-order chi connectivity index (χ0) is 21.2. The summed E-state index contributed by atoms with van der Waals surface area (Å²) >= 11 is 0. The summed E-state index contributed by atoms with van der Waals surface area (Å²) in [6, 6.07) is 12.9. The average molecular weight is 417 g/mol. The van der Waals surface area contributed by atoms with E-state index in [4.69, 9.17) is 9.15 Å². The zero-order valence-electron chi connectivity index (χ0n) is 16.3. The topological polar surface area (TPSA) is 118 Å². The van der Waals surface area contributed by atoms with Gasteiger partial charge >= 0.3 is 0 Å². The predicted octanol–water partition coefficient (Wildman–Crippen LogP) is 2.50. The van der Waals surface area contributed by atoms with Gasteiger partial charge in [0.15, 0.2) is 12.2 Å². The SMILES string of the molecule is O=C(Nc1cc(C2NC3=COCC(=O)C3C2Nc2ccccc2)ccn1)c1cnco1. The lowest BCUT2D eigenvalue weighted by atomic mass is 9.89. The molecule has 3 N–H and O–H groups in total. The predicted molar refractivity (Wildman–Crippen MR) is 111 cm³/mol. The molecule has 5 rings (SSSR count). The molecule has 3 unspecified atom stereocenters. The molecule has 2 aromatic heterocycles. The van der Waals surface area contributed by atoms with Gasteiger partial charge in [0.05, 0.1) is 29.9 Å². The molecule has 31 heavy (non-hydrogen) atoms. The highest BCUT2D eigenvalue weighted by Crippen LogP contribution is 2.38. The number of hydrogen-bond donors (Lipinski definition) is 3. The summed E-state index contributed by atoms with van der Waals surface area (Å²) in [5.74, 6) is -0.340. The van der Waals surface area contributed by atoms with E-state index >= 15 is 0 Å². The number of amides is 1. The first kappa shape index (κ1) is 18.9. The fraction of sp³-hybridized carbons (Fsp3) is 0.182. The number of Topliss-reactive ketones (excluding diaryl/α,β-unsaturated/α-hetero) is 1. The lowest BCUT2D eigenvalue weighted by molar-refractivity contribution is -0.126. The van der Waals surface area contributed by atoms with Crippen LogP contribution in [0.15, 0.2) is 77.6 Å². The number of ketones is 1. The van der Waals surface area contributed by atoms with E-state index in [1.807, 2.05) is 36.4 Å². The van der Waals surface area contributed by atoms with E-state index in [-0.39, 0.29) is 36.2 Å². The van der Waals surface area contributed by atoms with Gasteiger partial charge in [0, 0.05) is 11.9 Å². The Kier molecular flexibility index (Phi) is 4.83. The number of fused-ring (bicyclic) bond motifs is 1. The second-order valence-electron chi connectivity index (χ2n) is 7.28. The van der Waals surface area contributed by atoms with Gasteiger partial charge in [-0.15, -0.1) is 0 Å². The minimum Gasteiger partial charge on any atom is -0.492 e. The first-order chi connectivity index (χ1) is 15.2. The van der Waals surface area contributed by atoms with Crippen LogP contribution in [0, 0.1) is 5.92 Å². The molecule has 0 spiro atoms. The number of anilines is 2. The Balaban J connectivity index is 1.44. The maximum absolute atomic E-state index is 12.7. The Bertz CT molecular complexity index is 1130. The largest absolute Gasteiger partial charge is 0.492 e. The Hall–Kier alpha value is -4.14. The highest BCUT2D eigenvalue weighted by atomic mass is 16.5. The Morgan fingerprint density at radius 2 is 2.06 bits per heavy atom. The molecule has 156 valence electrons. The maximum Gasteiger partial charge on any atom is 0.294 e. The first-order valence-electron chi connectivity index (χ1n) is 9.77. The van der Waals surface area contributed by atoms with Crippen LogP contribution in [0.2, 0.25) is 0 Å². The number of pyridine rings is 1. The standard InChI is InChI=1S/C22H19N5O4/c28-16-11-30-10-15-19(16)21(25-14-4-2-1-3-5-14)20(26-15)13-6-7-24-18(8-13)27-22(29)17-9-23-12-31-17/h1-10,12,19-21,25-26H,11H2,(H,24,27,29). The third-order valence-corrected chi connectivity index (χ3v) is 5.31. The minimum absolute atomic E-state index is 0.00818. The van der Waals surface area contributed by atoms with Crippen LogP contribution < -0.4 is 16.0 Å². The summed E-state index contributed by atoms with van der Waals surface area (Å²) in [7, 11) is 0. The number of ether oxygens (including phenoxy) is 1. The second kappa shape index (κ2) is 7.94. The van der Waals surface area contributed by atoms with Gasteiger partial charge in [0.2, 0.25) is 5.76 Å². The number of oxazole rings is 1. The van der Waals surface area contributed by atoms with Crippen molar-refractivity contribution in [2.24, 2.45) is 5.92 Å². The Labute approximate surface area is 177 Å². The molecule has 2 aliphatic rings. The number of nitrogens with zero attached hydrogens (tertiary/aromatic N) is 2. The number of carbonyl (C=O) groups is 2. The summed E-state index contributed by atoms with van der Waals surface area (Å²) in [6.45, 7) is 0.0460. The van der Waals surface area contributed by atoms with E-state index in [0.29, 0.717) is 5.82 Å². The van der Waals surface area contributed by atoms with Crippen molar-refractivity contribution < 1.29 is 18.7 Å². The van der Waals surface area contributed by atoms with E-state index in [2.05, 4.69) is 25.9 Å². The number of rotatable bonds is 5. The lowest BCUT2D eigenvalue weighted by Crippen LogP contribution is -2.37. The molecule has 0 aliphatic carbocycles. The number of aromatic nitrogens is 2. The van der Waals surface area contributed by atoms with Gasteiger partial charge in [-0.3, -0.25) is 9.59 Å². The molecule has 1 saturated heterocycles. The van der Waals surface area contributed by atoms with E-state index in [0.717, 1.165) is 16.9 Å². The Morgan fingerprint density at radius 3 is 2.87 bits per heavy atom. The van der Waals surface area contributed by atoms with Gasteiger partial charge in [-0.1, -0.05) is 18.2 Å². The summed E-state index contributed by atoms with van der Waals surface area (Å²) < 4.78 is 10.3. The second-order valence-corrected chi connectivity index (χ2v) is 7.28. The van der Waals surface area contributed by atoms with E-state index in [1.54, 1.807) is 18.5 Å². The number of para-hydroxylation sites is 1. The summed E-state index contributed by atoms with van der Waals surface area (Å²) in [4.78, 5) is 32.9. The number of nitrogens with one attached hydrogen (secondary N) is 3. The van der Waals surface area contributed by atoms with Crippen LogP contribution in [-0.2, 0) is 9.53 Å². The average Bonchev–Trinajstić information content (AvgIpc) is 3.44. The van der Waals surface area contributed by atoms with Gasteiger partial charge in [0.1, 0.15) is 18.7 Å². The quantitative estimate of drug-likeness (QED) is 0.580. The van der Waals surface area contributed by atoms with Crippen LogP contribution in [0.4, 0.5) is 11.5 Å². The van der Waals surface area contributed by atoms with E-state index in [9.17, 15) is 9.59 Å². The van der Waals surface area contributed by atoms with Crippen molar-refractivity contribution in [3.05, 3.63) is 84.5 Å². The van der Waals surface area contributed by atoms with Crippen LogP contribution in [0.1, 0.15) is 22.2 Å². The highest BCUT2D eigenvalue weighted by molar-refractivity contribution is 6.01. The lowest BCUT2D eigenvalue weighted by Gasteiger charge is -2.26. The third kappa shape index (κ3) is 3.73. The molecule has 1 fully saturated rings. The van der Waals surface area contributed by atoms with Gasteiger partial charge in [-0.05, 0) is 29.8 Å². The van der Waals surface area contributed by atoms with Crippen molar-refractivity contribution in [1.82, 2.24) is 15.3 Å². The van der Waals surface area contributed by atoms with E-state index < -0.39 is 5.91 Å².